The van der Waals surface area contributed by atoms with E-state index < -0.39 is 0 Å². The van der Waals surface area contributed by atoms with Crippen molar-refractivity contribution in [3.8, 4) is 17.6 Å². The van der Waals surface area contributed by atoms with E-state index in [1.807, 2.05) is 6.92 Å². The predicted octanol–water partition coefficient (Wildman–Crippen LogP) is 2.48. The lowest BCUT2D eigenvalue weighted by atomic mass is 10.2. The van der Waals surface area contributed by atoms with E-state index in [1.54, 1.807) is 36.0 Å². The van der Waals surface area contributed by atoms with Crippen LogP contribution >= 0.6 is 0 Å². The average molecular weight is 310 g/mol. The van der Waals surface area contributed by atoms with E-state index in [4.69, 9.17) is 10.00 Å². The first kappa shape index (κ1) is 15.1. The molecule has 0 atom stereocenters. The second kappa shape index (κ2) is 6.13. The standard InChI is InChI=1S/C17H18N4O2/c1-11-17(23-14-7-3-12(9-18)4-8-14)16(13-5-6-13)20-21(11)10-15(22)19-2/h3-4,7-8,13H,5-6,10H2,1-2H3,(H,19,22). The smallest absolute Gasteiger partial charge is 0.241 e. The molecule has 1 N–H and O–H groups in total. The van der Waals surface area contributed by atoms with Gasteiger partial charge in [-0.05, 0) is 44.0 Å². The summed E-state index contributed by atoms with van der Waals surface area (Å²) in [5.41, 5.74) is 2.34. The normalized spacial score (nSPS) is 13.4. The van der Waals surface area contributed by atoms with Gasteiger partial charge in [-0.1, -0.05) is 0 Å². The molecule has 1 aromatic heterocycles. The van der Waals surface area contributed by atoms with Gasteiger partial charge in [0.1, 0.15) is 18.0 Å². The lowest BCUT2D eigenvalue weighted by molar-refractivity contribution is -0.121. The summed E-state index contributed by atoms with van der Waals surface area (Å²) in [4.78, 5) is 11.6. The fraction of sp³-hybridized carbons (Fsp3) is 0.353. The van der Waals surface area contributed by atoms with Gasteiger partial charge in [0.25, 0.3) is 0 Å². The minimum absolute atomic E-state index is 0.0946. The molecule has 0 aliphatic heterocycles. The van der Waals surface area contributed by atoms with Crippen LogP contribution in [0.4, 0.5) is 0 Å². The second-order valence-electron chi connectivity index (χ2n) is 5.64. The largest absolute Gasteiger partial charge is 0.453 e. The molecule has 0 spiro atoms. The Hall–Kier alpha value is -2.81. The lowest BCUT2D eigenvalue weighted by Gasteiger charge is -2.07. The zero-order valence-corrected chi connectivity index (χ0v) is 13.2. The molecule has 3 rings (SSSR count). The van der Waals surface area contributed by atoms with Crippen molar-refractivity contribution in [1.29, 1.82) is 5.26 Å². The van der Waals surface area contributed by atoms with Crippen LogP contribution in [0.5, 0.6) is 11.5 Å². The minimum atomic E-state index is -0.0946. The summed E-state index contributed by atoms with van der Waals surface area (Å²) in [5, 5.41) is 16.0. The van der Waals surface area contributed by atoms with E-state index in [0.717, 1.165) is 30.0 Å². The highest BCUT2D eigenvalue weighted by atomic mass is 16.5. The quantitative estimate of drug-likeness (QED) is 0.920. The van der Waals surface area contributed by atoms with Crippen molar-refractivity contribution in [2.45, 2.75) is 32.2 Å². The second-order valence-corrected chi connectivity index (χ2v) is 5.64. The van der Waals surface area contributed by atoms with Crippen LogP contribution in [-0.2, 0) is 11.3 Å². The van der Waals surface area contributed by atoms with Crippen LogP contribution in [0, 0.1) is 18.3 Å². The Labute approximate surface area is 134 Å². The number of nitriles is 1. The molecular formula is C17H18N4O2. The highest BCUT2D eigenvalue weighted by molar-refractivity contribution is 5.75. The zero-order valence-electron chi connectivity index (χ0n) is 13.2. The number of ether oxygens (including phenoxy) is 1. The monoisotopic (exact) mass is 310 g/mol. The summed E-state index contributed by atoms with van der Waals surface area (Å²) in [7, 11) is 1.61. The molecule has 1 aromatic carbocycles. The van der Waals surface area contributed by atoms with Gasteiger partial charge in [0.15, 0.2) is 5.75 Å². The molecule has 1 saturated carbocycles. The van der Waals surface area contributed by atoms with E-state index in [-0.39, 0.29) is 12.5 Å². The number of benzene rings is 1. The fourth-order valence-electron chi connectivity index (χ4n) is 2.39. The lowest BCUT2D eigenvalue weighted by Crippen LogP contribution is -2.24. The SMILES string of the molecule is CNC(=O)Cn1nc(C2CC2)c(Oc2ccc(C#N)cc2)c1C. The fourth-order valence-corrected chi connectivity index (χ4v) is 2.39. The molecule has 118 valence electrons. The van der Waals surface area contributed by atoms with Crippen molar-refractivity contribution in [2.75, 3.05) is 7.05 Å². The number of nitrogens with zero attached hydrogens (tertiary/aromatic N) is 3. The minimum Gasteiger partial charge on any atom is -0.453 e. The van der Waals surface area contributed by atoms with Gasteiger partial charge in [0.2, 0.25) is 5.91 Å². The van der Waals surface area contributed by atoms with E-state index in [2.05, 4.69) is 16.5 Å². The molecule has 1 fully saturated rings. The Morgan fingerprint density at radius 2 is 2.13 bits per heavy atom. The molecule has 0 saturated heterocycles. The van der Waals surface area contributed by atoms with E-state index in [0.29, 0.717) is 17.2 Å². The maximum Gasteiger partial charge on any atom is 0.241 e. The third-order valence-electron chi connectivity index (χ3n) is 3.92. The van der Waals surface area contributed by atoms with Gasteiger partial charge < -0.3 is 10.1 Å². The summed E-state index contributed by atoms with van der Waals surface area (Å²) in [5.74, 6) is 1.70. The van der Waals surface area contributed by atoms with Crippen LogP contribution in [0.2, 0.25) is 0 Å². The summed E-state index contributed by atoms with van der Waals surface area (Å²) in [6.07, 6.45) is 2.19. The topological polar surface area (TPSA) is 79.9 Å². The molecule has 0 radical (unpaired) electrons. The van der Waals surface area contributed by atoms with Gasteiger partial charge in [0.05, 0.1) is 17.3 Å². The molecule has 1 aliphatic carbocycles. The maximum absolute atomic E-state index is 11.6. The molecule has 1 heterocycles. The third kappa shape index (κ3) is 3.19. The number of nitrogens with one attached hydrogen (secondary N) is 1. The molecule has 0 unspecified atom stereocenters. The Bertz CT molecular complexity index is 767. The summed E-state index contributed by atoms with van der Waals surface area (Å²) in [6, 6.07) is 9.06. The van der Waals surface area contributed by atoms with Crippen LogP contribution in [0.15, 0.2) is 24.3 Å². The molecule has 0 bridgehead atoms. The highest BCUT2D eigenvalue weighted by Crippen LogP contribution is 2.45. The molecule has 1 amide bonds. The number of carbonyl (C=O) groups is 1. The predicted molar refractivity (Wildman–Crippen MR) is 84.2 cm³/mol. The molecule has 2 aromatic rings. The first-order chi connectivity index (χ1) is 11.1. The Morgan fingerprint density at radius 1 is 1.43 bits per heavy atom. The molecular weight excluding hydrogens is 292 g/mol. The van der Waals surface area contributed by atoms with Crippen LogP contribution in [0.3, 0.4) is 0 Å². The van der Waals surface area contributed by atoms with Crippen molar-refractivity contribution in [1.82, 2.24) is 15.1 Å². The van der Waals surface area contributed by atoms with Crippen LogP contribution < -0.4 is 10.1 Å². The van der Waals surface area contributed by atoms with Gasteiger partial charge in [-0.2, -0.15) is 10.4 Å². The zero-order chi connectivity index (χ0) is 16.4. The third-order valence-corrected chi connectivity index (χ3v) is 3.92. The van der Waals surface area contributed by atoms with Crippen molar-refractivity contribution in [2.24, 2.45) is 0 Å². The first-order valence-corrected chi connectivity index (χ1v) is 7.58. The summed E-state index contributed by atoms with van der Waals surface area (Å²) in [6.45, 7) is 2.08. The number of aromatic nitrogens is 2. The van der Waals surface area contributed by atoms with Crippen molar-refractivity contribution >= 4 is 5.91 Å². The van der Waals surface area contributed by atoms with E-state index in [9.17, 15) is 4.79 Å². The number of hydrogen-bond acceptors (Lipinski definition) is 4. The van der Waals surface area contributed by atoms with Gasteiger partial charge in [0, 0.05) is 13.0 Å². The Kier molecular flexibility index (Phi) is 4.02. The molecule has 6 heteroatoms. The Morgan fingerprint density at radius 3 is 2.70 bits per heavy atom. The number of likely N-dealkylation sites (N-methyl/N-ethyl adjacent to an activating group) is 1. The highest BCUT2D eigenvalue weighted by Gasteiger charge is 2.32. The molecule has 23 heavy (non-hydrogen) atoms. The number of rotatable bonds is 5. The first-order valence-electron chi connectivity index (χ1n) is 7.58. The van der Waals surface area contributed by atoms with Crippen molar-refractivity contribution in [3.63, 3.8) is 0 Å². The van der Waals surface area contributed by atoms with E-state index >= 15 is 0 Å². The molecule has 6 nitrogen and oxygen atoms in total. The van der Waals surface area contributed by atoms with Crippen LogP contribution in [-0.4, -0.2) is 22.7 Å². The van der Waals surface area contributed by atoms with Crippen molar-refractivity contribution in [3.05, 3.63) is 41.2 Å². The number of carbonyl (C=O) groups excluding carboxylic acids is 1. The van der Waals surface area contributed by atoms with Gasteiger partial charge in [-0.15, -0.1) is 0 Å². The summed E-state index contributed by atoms with van der Waals surface area (Å²) >= 11 is 0. The Balaban J connectivity index is 1.90. The molecule has 1 aliphatic rings. The van der Waals surface area contributed by atoms with Crippen LogP contribution in [0.1, 0.15) is 35.7 Å². The summed E-state index contributed by atoms with van der Waals surface area (Å²) < 4.78 is 7.70. The van der Waals surface area contributed by atoms with Gasteiger partial charge in [-0.25, -0.2) is 0 Å². The van der Waals surface area contributed by atoms with Gasteiger partial charge >= 0.3 is 0 Å². The average Bonchev–Trinajstić information content (AvgIpc) is 3.37. The van der Waals surface area contributed by atoms with Gasteiger partial charge in [-0.3, -0.25) is 9.48 Å². The van der Waals surface area contributed by atoms with Crippen LogP contribution in [0.25, 0.3) is 0 Å². The number of amides is 1. The number of hydrogen-bond donors (Lipinski definition) is 1. The van der Waals surface area contributed by atoms with E-state index in [1.165, 1.54) is 0 Å². The van der Waals surface area contributed by atoms with Crippen molar-refractivity contribution < 1.29 is 9.53 Å². The maximum atomic E-state index is 11.6.